The molecule has 1 aliphatic rings. The van der Waals surface area contributed by atoms with Crippen molar-refractivity contribution in [3.8, 4) is 0 Å². The zero-order valence-electron chi connectivity index (χ0n) is 14.1. The van der Waals surface area contributed by atoms with Crippen molar-refractivity contribution in [2.24, 2.45) is 5.92 Å². The van der Waals surface area contributed by atoms with E-state index in [9.17, 15) is 18.4 Å². The van der Waals surface area contributed by atoms with E-state index in [0.29, 0.717) is 19.5 Å². The van der Waals surface area contributed by atoms with Gasteiger partial charge in [0.15, 0.2) is 11.6 Å². The van der Waals surface area contributed by atoms with Crippen LogP contribution >= 0.6 is 0 Å². The smallest absolute Gasteiger partial charge is 0.252 e. The third-order valence-electron chi connectivity index (χ3n) is 4.16. The molecule has 0 aromatic heterocycles. The molecule has 0 aliphatic carbocycles. The summed E-state index contributed by atoms with van der Waals surface area (Å²) in [5, 5.41) is 2.69. The molecule has 0 saturated carbocycles. The Bertz CT molecular complexity index is 599. The van der Waals surface area contributed by atoms with Gasteiger partial charge >= 0.3 is 0 Å². The topological polar surface area (TPSA) is 49.4 Å². The van der Waals surface area contributed by atoms with Crippen molar-refractivity contribution in [2.75, 3.05) is 13.1 Å². The molecular weight excluding hydrogens is 314 g/mol. The van der Waals surface area contributed by atoms with E-state index < -0.39 is 23.6 Å². The molecule has 0 bridgehead atoms. The first kappa shape index (κ1) is 18.4. The lowest BCUT2D eigenvalue weighted by Gasteiger charge is -2.31. The minimum absolute atomic E-state index is 0.00843. The van der Waals surface area contributed by atoms with Crippen LogP contribution in [-0.2, 0) is 4.79 Å². The van der Waals surface area contributed by atoms with E-state index in [4.69, 9.17) is 0 Å². The first-order chi connectivity index (χ1) is 11.4. The van der Waals surface area contributed by atoms with E-state index in [1.54, 1.807) is 4.90 Å². The van der Waals surface area contributed by atoms with Crippen molar-refractivity contribution in [1.82, 2.24) is 10.2 Å². The number of rotatable bonds is 5. The van der Waals surface area contributed by atoms with Crippen LogP contribution in [0.25, 0.3) is 0 Å². The molecule has 1 fully saturated rings. The highest BCUT2D eigenvalue weighted by Gasteiger charge is 2.28. The molecule has 2 rings (SSSR count). The van der Waals surface area contributed by atoms with E-state index in [1.165, 1.54) is 6.07 Å². The third-order valence-corrected chi connectivity index (χ3v) is 4.16. The number of hydrogen-bond acceptors (Lipinski definition) is 2. The summed E-state index contributed by atoms with van der Waals surface area (Å²) in [5.41, 5.74) is 0.00843. The van der Waals surface area contributed by atoms with Gasteiger partial charge in [0.05, 0.1) is 0 Å². The van der Waals surface area contributed by atoms with Gasteiger partial charge in [0, 0.05) is 18.7 Å². The van der Waals surface area contributed by atoms with Crippen molar-refractivity contribution >= 4 is 11.8 Å². The average Bonchev–Trinajstić information content (AvgIpc) is 2.56. The van der Waals surface area contributed by atoms with Gasteiger partial charge in [-0.1, -0.05) is 13.8 Å². The van der Waals surface area contributed by atoms with Crippen molar-refractivity contribution in [3.63, 3.8) is 0 Å². The highest BCUT2D eigenvalue weighted by molar-refractivity contribution is 5.97. The Morgan fingerprint density at radius 1 is 1.12 bits per heavy atom. The molecule has 0 unspecified atom stereocenters. The molecule has 0 radical (unpaired) electrons. The SMILES string of the molecule is CC(C)C[C@@H](NC(=O)c1ccc(F)c(F)c1)C(=O)N1CCCCC1. The summed E-state index contributed by atoms with van der Waals surface area (Å²) in [6.07, 6.45) is 3.55. The zero-order valence-corrected chi connectivity index (χ0v) is 14.1. The Labute approximate surface area is 141 Å². The van der Waals surface area contributed by atoms with E-state index in [0.717, 1.165) is 31.4 Å². The fourth-order valence-corrected chi connectivity index (χ4v) is 2.91. The van der Waals surface area contributed by atoms with Crippen molar-refractivity contribution < 1.29 is 18.4 Å². The zero-order chi connectivity index (χ0) is 17.7. The van der Waals surface area contributed by atoms with Crippen molar-refractivity contribution in [3.05, 3.63) is 35.4 Å². The second-order valence-electron chi connectivity index (χ2n) is 6.67. The molecule has 1 aromatic carbocycles. The van der Waals surface area contributed by atoms with Crippen LogP contribution in [0.4, 0.5) is 8.78 Å². The average molecular weight is 338 g/mol. The fraction of sp³-hybridized carbons (Fsp3) is 0.556. The Balaban J connectivity index is 2.10. The molecule has 24 heavy (non-hydrogen) atoms. The number of likely N-dealkylation sites (tertiary alicyclic amines) is 1. The first-order valence-corrected chi connectivity index (χ1v) is 8.43. The van der Waals surface area contributed by atoms with Gasteiger partial charge in [-0.05, 0) is 49.8 Å². The van der Waals surface area contributed by atoms with Gasteiger partial charge in [0.25, 0.3) is 5.91 Å². The van der Waals surface area contributed by atoms with Gasteiger partial charge in [-0.3, -0.25) is 9.59 Å². The summed E-state index contributed by atoms with van der Waals surface area (Å²) in [7, 11) is 0. The summed E-state index contributed by atoms with van der Waals surface area (Å²) in [6, 6.07) is 2.33. The molecule has 1 aliphatic heterocycles. The highest BCUT2D eigenvalue weighted by atomic mass is 19.2. The minimum atomic E-state index is -1.08. The second-order valence-corrected chi connectivity index (χ2v) is 6.67. The summed E-state index contributed by atoms with van der Waals surface area (Å²) < 4.78 is 26.3. The number of nitrogens with one attached hydrogen (secondary N) is 1. The lowest BCUT2D eigenvalue weighted by Crippen LogP contribution is -2.50. The normalized spacial score (nSPS) is 16.1. The number of carbonyl (C=O) groups excluding carboxylic acids is 2. The van der Waals surface area contributed by atoms with Crippen LogP contribution in [0.1, 0.15) is 49.9 Å². The van der Waals surface area contributed by atoms with E-state index in [2.05, 4.69) is 5.32 Å². The van der Waals surface area contributed by atoms with Crippen LogP contribution < -0.4 is 5.32 Å². The third kappa shape index (κ3) is 4.76. The number of benzene rings is 1. The lowest BCUT2D eigenvalue weighted by atomic mass is 10.0. The van der Waals surface area contributed by atoms with E-state index in [1.807, 2.05) is 13.8 Å². The number of halogens is 2. The first-order valence-electron chi connectivity index (χ1n) is 8.43. The Hall–Kier alpha value is -1.98. The van der Waals surface area contributed by atoms with E-state index >= 15 is 0 Å². The maximum atomic E-state index is 13.3. The van der Waals surface area contributed by atoms with Gasteiger partial charge in [0.2, 0.25) is 5.91 Å². The molecule has 4 nitrogen and oxygen atoms in total. The molecule has 1 aromatic rings. The number of piperidine rings is 1. The van der Waals surface area contributed by atoms with Crippen LogP contribution in [0.2, 0.25) is 0 Å². The maximum absolute atomic E-state index is 13.3. The Morgan fingerprint density at radius 3 is 2.38 bits per heavy atom. The summed E-state index contributed by atoms with van der Waals surface area (Å²) >= 11 is 0. The van der Waals surface area contributed by atoms with Crippen LogP contribution in [0, 0.1) is 17.6 Å². The number of nitrogens with zero attached hydrogens (tertiary/aromatic N) is 1. The van der Waals surface area contributed by atoms with Crippen LogP contribution in [-0.4, -0.2) is 35.8 Å². The molecule has 1 N–H and O–H groups in total. The van der Waals surface area contributed by atoms with Crippen molar-refractivity contribution in [2.45, 2.75) is 45.6 Å². The van der Waals surface area contributed by atoms with Gasteiger partial charge in [-0.2, -0.15) is 0 Å². The molecule has 1 saturated heterocycles. The predicted molar refractivity (Wildman–Crippen MR) is 87.5 cm³/mol. The number of carbonyl (C=O) groups is 2. The number of amides is 2. The lowest BCUT2D eigenvalue weighted by molar-refractivity contribution is -0.134. The molecule has 0 spiro atoms. The van der Waals surface area contributed by atoms with Gasteiger partial charge in [-0.25, -0.2) is 8.78 Å². The van der Waals surface area contributed by atoms with Crippen LogP contribution in [0.15, 0.2) is 18.2 Å². The quantitative estimate of drug-likeness (QED) is 0.897. The van der Waals surface area contributed by atoms with Gasteiger partial charge < -0.3 is 10.2 Å². The monoisotopic (exact) mass is 338 g/mol. The largest absolute Gasteiger partial charge is 0.341 e. The predicted octanol–water partition coefficient (Wildman–Crippen LogP) is 3.12. The second kappa shape index (κ2) is 8.22. The molecule has 2 amide bonds. The molecular formula is C18H24F2N2O2. The molecule has 6 heteroatoms. The van der Waals surface area contributed by atoms with Gasteiger partial charge in [-0.15, -0.1) is 0 Å². The maximum Gasteiger partial charge on any atom is 0.252 e. The standard InChI is InChI=1S/C18H24F2N2O2/c1-12(2)10-16(18(24)22-8-4-3-5-9-22)21-17(23)13-6-7-14(19)15(20)11-13/h6-7,11-12,16H,3-5,8-10H2,1-2H3,(H,21,23)/t16-/m1/s1. The van der Waals surface area contributed by atoms with Crippen molar-refractivity contribution in [1.29, 1.82) is 0 Å². The summed E-state index contributed by atoms with van der Waals surface area (Å²) in [5.74, 6) is -2.53. The fourth-order valence-electron chi connectivity index (χ4n) is 2.91. The van der Waals surface area contributed by atoms with Crippen LogP contribution in [0.5, 0.6) is 0 Å². The summed E-state index contributed by atoms with van der Waals surface area (Å²) in [4.78, 5) is 26.8. The van der Waals surface area contributed by atoms with E-state index in [-0.39, 0.29) is 17.4 Å². The summed E-state index contributed by atoms with van der Waals surface area (Å²) in [6.45, 7) is 5.35. The minimum Gasteiger partial charge on any atom is -0.341 e. The highest BCUT2D eigenvalue weighted by Crippen LogP contribution is 2.15. The van der Waals surface area contributed by atoms with Crippen LogP contribution in [0.3, 0.4) is 0 Å². The molecule has 1 atom stereocenters. The Kier molecular flexibility index (Phi) is 6.29. The van der Waals surface area contributed by atoms with Gasteiger partial charge in [0.1, 0.15) is 6.04 Å². The number of hydrogen-bond donors (Lipinski definition) is 1. The molecule has 132 valence electrons. The molecule has 1 heterocycles. The Morgan fingerprint density at radius 2 is 1.79 bits per heavy atom.